The van der Waals surface area contributed by atoms with Crippen LogP contribution in [-0.2, 0) is 20.9 Å². The zero-order valence-electron chi connectivity index (χ0n) is 16.2. The van der Waals surface area contributed by atoms with E-state index in [9.17, 15) is 21.6 Å². The second kappa shape index (κ2) is 8.01. The highest BCUT2D eigenvalue weighted by molar-refractivity contribution is 7.88. The van der Waals surface area contributed by atoms with Crippen LogP contribution in [0.25, 0.3) is 17.0 Å². The Hall–Kier alpha value is -2.84. The number of hydrogen-bond acceptors (Lipinski definition) is 8. The van der Waals surface area contributed by atoms with Gasteiger partial charge in [0.05, 0.1) is 30.9 Å². The standard InChI is InChI=1S/C17H18F3N7O3S/c1-31(28,29)24-7-11-9-26(4-5-30-11)16-6-12(22-10-23-16)13-8-21-15-3-2-14(17(18,19)20)25-27(13)15/h2-3,6,8,10-11,24H,4-5,7,9H2,1H3. The van der Waals surface area contributed by atoms with E-state index in [2.05, 4.69) is 24.8 Å². The Bertz CT molecular complexity index is 1200. The molecule has 0 bridgehead atoms. The molecule has 166 valence electrons. The predicted molar refractivity (Wildman–Crippen MR) is 104 cm³/mol. The van der Waals surface area contributed by atoms with Crippen LogP contribution in [-0.4, -0.2) is 71.6 Å². The lowest BCUT2D eigenvalue weighted by atomic mass is 10.2. The topological polar surface area (TPSA) is 115 Å². The van der Waals surface area contributed by atoms with Gasteiger partial charge in [-0.2, -0.15) is 18.3 Å². The summed E-state index contributed by atoms with van der Waals surface area (Å²) in [5.41, 5.74) is -0.153. The first kappa shape index (κ1) is 21.4. The molecular formula is C17H18F3N7O3S. The van der Waals surface area contributed by atoms with E-state index >= 15 is 0 Å². The van der Waals surface area contributed by atoms with Crippen molar-refractivity contribution in [3.05, 3.63) is 36.4 Å². The number of morpholine rings is 1. The van der Waals surface area contributed by atoms with Gasteiger partial charge in [-0.15, -0.1) is 0 Å². The molecule has 0 radical (unpaired) electrons. The van der Waals surface area contributed by atoms with Gasteiger partial charge in [0.25, 0.3) is 0 Å². The fourth-order valence-electron chi connectivity index (χ4n) is 3.15. The van der Waals surface area contributed by atoms with Gasteiger partial charge in [0.1, 0.15) is 17.8 Å². The molecule has 0 aliphatic carbocycles. The lowest BCUT2D eigenvalue weighted by molar-refractivity contribution is -0.141. The van der Waals surface area contributed by atoms with Crippen LogP contribution in [0.15, 0.2) is 30.7 Å². The number of sulfonamides is 1. The molecule has 0 amide bonds. The van der Waals surface area contributed by atoms with E-state index in [1.54, 1.807) is 6.07 Å². The maximum atomic E-state index is 13.1. The fraction of sp³-hybridized carbons (Fsp3) is 0.412. The molecule has 4 rings (SSSR count). The van der Waals surface area contributed by atoms with Crippen LogP contribution in [0.2, 0.25) is 0 Å². The molecule has 1 fully saturated rings. The molecule has 0 saturated carbocycles. The van der Waals surface area contributed by atoms with Crippen molar-refractivity contribution in [3.8, 4) is 11.4 Å². The summed E-state index contributed by atoms with van der Waals surface area (Å²) in [5, 5.41) is 3.65. The van der Waals surface area contributed by atoms with Crippen molar-refractivity contribution in [2.45, 2.75) is 12.3 Å². The number of alkyl halides is 3. The van der Waals surface area contributed by atoms with Gasteiger partial charge in [0.2, 0.25) is 10.0 Å². The molecule has 4 heterocycles. The first-order chi connectivity index (χ1) is 14.6. The van der Waals surface area contributed by atoms with Gasteiger partial charge in [-0.25, -0.2) is 32.6 Å². The summed E-state index contributed by atoms with van der Waals surface area (Å²) in [6.45, 7) is 1.37. The van der Waals surface area contributed by atoms with Crippen LogP contribution >= 0.6 is 0 Å². The van der Waals surface area contributed by atoms with Gasteiger partial charge in [0, 0.05) is 25.7 Å². The van der Waals surface area contributed by atoms with Gasteiger partial charge < -0.3 is 9.64 Å². The average Bonchev–Trinajstić information content (AvgIpc) is 3.15. The lowest BCUT2D eigenvalue weighted by Gasteiger charge is -2.33. The summed E-state index contributed by atoms with van der Waals surface area (Å²) in [4.78, 5) is 14.4. The number of rotatable bonds is 5. The Morgan fingerprint density at radius 3 is 2.81 bits per heavy atom. The fourth-order valence-corrected chi connectivity index (χ4v) is 3.64. The largest absolute Gasteiger partial charge is 0.435 e. The Balaban J connectivity index is 1.60. The monoisotopic (exact) mass is 457 g/mol. The molecule has 3 aromatic heterocycles. The molecule has 1 aliphatic heterocycles. The Kier molecular flexibility index (Phi) is 5.53. The summed E-state index contributed by atoms with van der Waals surface area (Å²) in [6, 6.07) is 3.73. The van der Waals surface area contributed by atoms with Crippen molar-refractivity contribution in [3.63, 3.8) is 0 Å². The Labute approximate surface area is 175 Å². The van der Waals surface area contributed by atoms with Crippen LogP contribution < -0.4 is 9.62 Å². The maximum absolute atomic E-state index is 13.1. The van der Waals surface area contributed by atoms with Crippen LogP contribution in [0.5, 0.6) is 0 Å². The third kappa shape index (κ3) is 4.91. The number of fused-ring (bicyclic) bond motifs is 1. The summed E-state index contributed by atoms with van der Waals surface area (Å²) < 4.78 is 70.9. The van der Waals surface area contributed by atoms with Gasteiger partial charge in [-0.3, -0.25) is 0 Å². The molecule has 0 aromatic carbocycles. The molecule has 1 saturated heterocycles. The zero-order valence-corrected chi connectivity index (χ0v) is 17.1. The van der Waals surface area contributed by atoms with Gasteiger partial charge in [-0.1, -0.05) is 0 Å². The molecule has 1 atom stereocenters. The van der Waals surface area contributed by atoms with Crippen molar-refractivity contribution in [2.75, 3.05) is 37.4 Å². The van der Waals surface area contributed by atoms with E-state index in [-0.39, 0.29) is 24.0 Å². The molecule has 14 heteroatoms. The number of imidazole rings is 1. The first-order valence-electron chi connectivity index (χ1n) is 9.16. The molecule has 1 N–H and O–H groups in total. The Morgan fingerprint density at radius 2 is 2.06 bits per heavy atom. The predicted octanol–water partition coefficient (Wildman–Crippen LogP) is 0.960. The molecular weight excluding hydrogens is 439 g/mol. The normalized spacial score (nSPS) is 17.9. The SMILES string of the molecule is CS(=O)(=O)NCC1CN(c2cc(-c3cnc4ccc(C(F)(F)F)nn34)ncn2)CCO1. The Morgan fingerprint density at radius 1 is 1.26 bits per heavy atom. The van der Waals surface area contributed by atoms with E-state index in [1.807, 2.05) is 4.90 Å². The highest BCUT2D eigenvalue weighted by atomic mass is 32.2. The van der Waals surface area contributed by atoms with Crippen LogP contribution in [0.3, 0.4) is 0 Å². The highest BCUT2D eigenvalue weighted by Gasteiger charge is 2.33. The van der Waals surface area contributed by atoms with E-state index in [1.165, 1.54) is 18.6 Å². The van der Waals surface area contributed by atoms with E-state index in [4.69, 9.17) is 4.74 Å². The van der Waals surface area contributed by atoms with Gasteiger partial charge in [0.15, 0.2) is 11.3 Å². The summed E-state index contributed by atoms with van der Waals surface area (Å²) >= 11 is 0. The third-order valence-electron chi connectivity index (χ3n) is 4.60. The van der Waals surface area contributed by atoms with Crippen LogP contribution in [0.4, 0.5) is 19.0 Å². The second-order valence-electron chi connectivity index (χ2n) is 6.95. The number of aromatic nitrogens is 5. The second-order valence-corrected chi connectivity index (χ2v) is 8.78. The van der Waals surface area contributed by atoms with Crippen molar-refractivity contribution in [2.24, 2.45) is 0 Å². The van der Waals surface area contributed by atoms with Crippen molar-refractivity contribution < 1.29 is 26.3 Å². The summed E-state index contributed by atoms with van der Waals surface area (Å²) in [7, 11) is -3.35. The lowest BCUT2D eigenvalue weighted by Crippen LogP contribution is -2.47. The van der Waals surface area contributed by atoms with Crippen LogP contribution in [0, 0.1) is 0 Å². The molecule has 31 heavy (non-hydrogen) atoms. The minimum atomic E-state index is -4.59. The van der Waals surface area contributed by atoms with Crippen molar-refractivity contribution in [1.82, 2.24) is 29.3 Å². The maximum Gasteiger partial charge on any atom is 0.435 e. The third-order valence-corrected chi connectivity index (χ3v) is 5.29. The van der Waals surface area contributed by atoms with Crippen molar-refractivity contribution in [1.29, 1.82) is 0 Å². The number of nitrogens with zero attached hydrogens (tertiary/aromatic N) is 6. The quantitative estimate of drug-likeness (QED) is 0.603. The summed E-state index contributed by atoms with van der Waals surface area (Å²) in [5.74, 6) is 0.527. The number of halogens is 3. The van der Waals surface area contributed by atoms with Crippen molar-refractivity contribution >= 4 is 21.5 Å². The highest BCUT2D eigenvalue weighted by Crippen LogP contribution is 2.29. The minimum Gasteiger partial charge on any atom is -0.373 e. The number of ether oxygens (including phenoxy) is 1. The summed E-state index contributed by atoms with van der Waals surface area (Å²) in [6.07, 6.45) is -1.20. The first-order valence-corrected chi connectivity index (χ1v) is 11.0. The number of nitrogens with one attached hydrogen (secondary N) is 1. The molecule has 10 nitrogen and oxygen atoms in total. The minimum absolute atomic E-state index is 0.116. The van der Waals surface area contributed by atoms with Gasteiger partial charge >= 0.3 is 6.18 Å². The smallest absolute Gasteiger partial charge is 0.373 e. The molecule has 1 unspecified atom stereocenters. The average molecular weight is 457 g/mol. The number of anilines is 1. The van der Waals surface area contributed by atoms with E-state index in [0.717, 1.165) is 16.8 Å². The van der Waals surface area contributed by atoms with Gasteiger partial charge in [-0.05, 0) is 12.1 Å². The van der Waals surface area contributed by atoms with E-state index in [0.29, 0.717) is 31.2 Å². The molecule has 3 aromatic rings. The number of hydrogen-bond donors (Lipinski definition) is 1. The zero-order chi connectivity index (χ0) is 22.2. The van der Waals surface area contributed by atoms with E-state index < -0.39 is 21.9 Å². The van der Waals surface area contributed by atoms with Crippen LogP contribution in [0.1, 0.15) is 5.69 Å². The molecule has 1 aliphatic rings. The molecule has 0 spiro atoms.